The Kier molecular flexibility index (Phi) is 4.68. The molecule has 1 aromatic carbocycles. The minimum absolute atomic E-state index is 0.891. The van der Waals surface area contributed by atoms with Crippen LogP contribution < -0.4 is 15.4 Å². The number of hydrogen-bond donors (Lipinski definition) is 2. The summed E-state index contributed by atoms with van der Waals surface area (Å²) >= 11 is 0. The number of anilines is 1. The van der Waals surface area contributed by atoms with Gasteiger partial charge in [0.05, 0.1) is 7.11 Å². The van der Waals surface area contributed by atoms with Crippen LogP contribution in [0, 0.1) is 5.92 Å². The molecule has 0 unspecified atom stereocenters. The molecule has 0 amide bonds. The largest absolute Gasteiger partial charge is 0.497 e. The smallest absolute Gasteiger partial charge is 0.119 e. The number of hydrogen-bond acceptors (Lipinski definition) is 3. The Morgan fingerprint density at radius 1 is 1.24 bits per heavy atom. The van der Waals surface area contributed by atoms with Crippen molar-refractivity contribution in [2.24, 2.45) is 5.92 Å². The van der Waals surface area contributed by atoms with Gasteiger partial charge in [-0.25, -0.2) is 0 Å². The van der Waals surface area contributed by atoms with E-state index in [2.05, 4.69) is 22.8 Å². The fourth-order valence-corrected chi connectivity index (χ4v) is 2.30. The van der Waals surface area contributed by atoms with Crippen molar-refractivity contribution in [1.82, 2.24) is 5.32 Å². The summed E-state index contributed by atoms with van der Waals surface area (Å²) in [5, 5.41) is 6.87. The molecule has 2 rings (SSSR count). The van der Waals surface area contributed by atoms with E-state index in [1.165, 1.54) is 38.0 Å². The standard InChI is InChI=1S/C14H22N2O/c1-17-14-4-2-13(3-5-14)16-11-8-12-6-9-15-10-7-12/h2-5,12,15-16H,6-11H2,1H3. The van der Waals surface area contributed by atoms with Crippen molar-refractivity contribution in [2.75, 3.05) is 32.1 Å². The Morgan fingerprint density at radius 2 is 1.94 bits per heavy atom. The Bertz CT molecular complexity index is 317. The lowest BCUT2D eigenvalue weighted by molar-refractivity contribution is 0.361. The highest BCUT2D eigenvalue weighted by atomic mass is 16.5. The Hall–Kier alpha value is -1.22. The summed E-state index contributed by atoms with van der Waals surface area (Å²) in [5.74, 6) is 1.80. The third-order valence-corrected chi connectivity index (χ3v) is 3.43. The predicted molar refractivity (Wildman–Crippen MR) is 71.7 cm³/mol. The summed E-state index contributed by atoms with van der Waals surface area (Å²) in [6, 6.07) is 8.13. The molecule has 3 heteroatoms. The fourth-order valence-electron chi connectivity index (χ4n) is 2.30. The van der Waals surface area contributed by atoms with Gasteiger partial charge in [-0.15, -0.1) is 0 Å². The molecule has 0 bridgehead atoms. The Balaban J connectivity index is 1.69. The Labute approximate surface area is 104 Å². The summed E-state index contributed by atoms with van der Waals surface area (Å²) < 4.78 is 5.13. The zero-order chi connectivity index (χ0) is 11.9. The minimum Gasteiger partial charge on any atom is -0.497 e. The van der Waals surface area contributed by atoms with Gasteiger partial charge in [-0.1, -0.05) is 0 Å². The fraction of sp³-hybridized carbons (Fsp3) is 0.571. The molecular weight excluding hydrogens is 212 g/mol. The molecule has 0 radical (unpaired) electrons. The van der Waals surface area contributed by atoms with Gasteiger partial charge in [0.1, 0.15) is 5.75 Å². The van der Waals surface area contributed by atoms with E-state index in [9.17, 15) is 0 Å². The number of piperidine rings is 1. The first-order valence-electron chi connectivity index (χ1n) is 6.47. The van der Waals surface area contributed by atoms with Crippen molar-refractivity contribution in [1.29, 1.82) is 0 Å². The lowest BCUT2D eigenvalue weighted by Gasteiger charge is -2.22. The minimum atomic E-state index is 0.891. The van der Waals surface area contributed by atoms with E-state index in [-0.39, 0.29) is 0 Å². The molecule has 3 nitrogen and oxygen atoms in total. The highest BCUT2D eigenvalue weighted by Gasteiger charge is 2.11. The lowest BCUT2D eigenvalue weighted by atomic mass is 9.95. The van der Waals surface area contributed by atoms with Crippen LogP contribution in [0.25, 0.3) is 0 Å². The van der Waals surface area contributed by atoms with E-state index in [1.807, 2.05) is 12.1 Å². The Morgan fingerprint density at radius 3 is 2.59 bits per heavy atom. The molecule has 17 heavy (non-hydrogen) atoms. The van der Waals surface area contributed by atoms with Crippen molar-refractivity contribution in [3.63, 3.8) is 0 Å². The van der Waals surface area contributed by atoms with Crippen molar-refractivity contribution < 1.29 is 4.74 Å². The van der Waals surface area contributed by atoms with Crippen LogP contribution in [-0.2, 0) is 0 Å². The average Bonchev–Trinajstić information content (AvgIpc) is 2.41. The van der Waals surface area contributed by atoms with Crippen molar-refractivity contribution in [3.05, 3.63) is 24.3 Å². The molecular formula is C14H22N2O. The van der Waals surface area contributed by atoms with Gasteiger partial charge in [0.15, 0.2) is 0 Å². The first-order chi connectivity index (χ1) is 8.38. The maximum Gasteiger partial charge on any atom is 0.119 e. The zero-order valence-electron chi connectivity index (χ0n) is 10.5. The zero-order valence-corrected chi connectivity index (χ0v) is 10.5. The van der Waals surface area contributed by atoms with Crippen molar-refractivity contribution in [3.8, 4) is 5.75 Å². The highest BCUT2D eigenvalue weighted by Crippen LogP contribution is 2.18. The van der Waals surface area contributed by atoms with Crippen LogP contribution in [0.5, 0.6) is 5.75 Å². The van der Waals surface area contributed by atoms with Crippen LogP contribution in [-0.4, -0.2) is 26.7 Å². The average molecular weight is 234 g/mol. The third kappa shape index (κ3) is 3.93. The molecule has 0 aliphatic carbocycles. The molecule has 1 aliphatic rings. The van der Waals surface area contributed by atoms with E-state index < -0.39 is 0 Å². The van der Waals surface area contributed by atoms with Crippen LogP contribution in [0.4, 0.5) is 5.69 Å². The van der Waals surface area contributed by atoms with E-state index in [0.29, 0.717) is 0 Å². The second kappa shape index (κ2) is 6.50. The summed E-state index contributed by atoms with van der Waals surface area (Å²) in [5.41, 5.74) is 1.18. The number of ether oxygens (including phenoxy) is 1. The van der Waals surface area contributed by atoms with Crippen molar-refractivity contribution in [2.45, 2.75) is 19.3 Å². The third-order valence-electron chi connectivity index (χ3n) is 3.43. The molecule has 1 heterocycles. The molecule has 2 N–H and O–H groups in total. The van der Waals surface area contributed by atoms with E-state index in [4.69, 9.17) is 4.74 Å². The van der Waals surface area contributed by atoms with Gasteiger partial charge in [-0.05, 0) is 62.5 Å². The van der Waals surface area contributed by atoms with Gasteiger partial charge in [-0.2, -0.15) is 0 Å². The number of rotatable bonds is 5. The van der Waals surface area contributed by atoms with Crippen LogP contribution in [0.2, 0.25) is 0 Å². The monoisotopic (exact) mass is 234 g/mol. The van der Waals surface area contributed by atoms with Gasteiger partial charge in [0.2, 0.25) is 0 Å². The summed E-state index contributed by atoms with van der Waals surface area (Å²) in [4.78, 5) is 0. The van der Waals surface area contributed by atoms with E-state index in [0.717, 1.165) is 18.2 Å². The summed E-state index contributed by atoms with van der Waals surface area (Å²) in [6.07, 6.45) is 3.92. The van der Waals surface area contributed by atoms with Crippen LogP contribution >= 0.6 is 0 Å². The second-order valence-corrected chi connectivity index (χ2v) is 4.64. The van der Waals surface area contributed by atoms with Crippen LogP contribution in [0.15, 0.2) is 24.3 Å². The first kappa shape index (κ1) is 12.2. The van der Waals surface area contributed by atoms with Gasteiger partial charge < -0.3 is 15.4 Å². The van der Waals surface area contributed by atoms with Gasteiger partial charge >= 0.3 is 0 Å². The number of nitrogens with one attached hydrogen (secondary N) is 2. The molecule has 94 valence electrons. The first-order valence-corrected chi connectivity index (χ1v) is 6.47. The lowest BCUT2D eigenvalue weighted by Crippen LogP contribution is -2.28. The van der Waals surface area contributed by atoms with E-state index >= 15 is 0 Å². The van der Waals surface area contributed by atoms with Gasteiger partial charge in [-0.3, -0.25) is 0 Å². The summed E-state index contributed by atoms with van der Waals surface area (Å²) in [6.45, 7) is 3.44. The molecule has 1 fully saturated rings. The highest BCUT2D eigenvalue weighted by molar-refractivity contribution is 5.46. The SMILES string of the molecule is COc1ccc(NCCC2CCNCC2)cc1. The van der Waals surface area contributed by atoms with Crippen LogP contribution in [0.1, 0.15) is 19.3 Å². The normalized spacial score (nSPS) is 16.8. The van der Waals surface area contributed by atoms with Gasteiger partial charge in [0.25, 0.3) is 0 Å². The quantitative estimate of drug-likeness (QED) is 0.821. The molecule has 1 aromatic rings. The molecule has 0 saturated carbocycles. The maximum atomic E-state index is 5.13. The second-order valence-electron chi connectivity index (χ2n) is 4.64. The number of benzene rings is 1. The maximum absolute atomic E-state index is 5.13. The topological polar surface area (TPSA) is 33.3 Å². The van der Waals surface area contributed by atoms with Crippen molar-refractivity contribution >= 4 is 5.69 Å². The molecule has 0 aromatic heterocycles. The molecule has 0 atom stereocenters. The molecule has 0 spiro atoms. The molecule has 1 aliphatic heterocycles. The summed E-state index contributed by atoms with van der Waals surface area (Å²) in [7, 11) is 1.69. The van der Waals surface area contributed by atoms with E-state index in [1.54, 1.807) is 7.11 Å². The molecule has 1 saturated heterocycles. The van der Waals surface area contributed by atoms with Crippen LogP contribution in [0.3, 0.4) is 0 Å². The predicted octanol–water partition coefficient (Wildman–Crippen LogP) is 2.50. The van der Waals surface area contributed by atoms with Gasteiger partial charge in [0, 0.05) is 12.2 Å². The number of methoxy groups -OCH3 is 1.